The minimum absolute atomic E-state index is 0.173. The molecule has 0 heterocycles. The molecule has 16 heavy (non-hydrogen) atoms. The van der Waals surface area contributed by atoms with Gasteiger partial charge < -0.3 is 0 Å². The molecule has 0 spiro atoms. The molecule has 1 atom stereocenters. The molecule has 0 aliphatic carbocycles. The van der Waals surface area contributed by atoms with Crippen LogP contribution in [0.15, 0.2) is 0 Å². The van der Waals surface area contributed by atoms with E-state index in [1.807, 2.05) is 35.3 Å². The fraction of sp³-hybridized carbons (Fsp3) is 1.00. The molecule has 1 unspecified atom stereocenters. The molecular weight excluding hydrogens is 333 g/mol. The van der Waals surface area contributed by atoms with E-state index in [4.69, 9.17) is 0 Å². The van der Waals surface area contributed by atoms with Crippen molar-refractivity contribution in [2.75, 3.05) is 40.3 Å². The molecule has 0 rings (SSSR count). The predicted octanol–water partition coefficient (Wildman–Crippen LogP) is 3.60. The Morgan fingerprint density at radius 2 is 1.44 bits per heavy atom. The second-order valence-corrected chi connectivity index (χ2v) is 9.09. The summed E-state index contributed by atoms with van der Waals surface area (Å²) in [4.78, 5) is 0. The van der Waals surface area contributed by atoms with Gasteiger partial charge in [-0.25, -0.2) is 0 Å². The number of hydrogen-bond acceptors (Lipinski definition) is 7. The largest absolute Gasteiger partial charge is 0.179 e. The maximum atomic E-state index is 4.43. The van der Waals surface area contributed by atoms with Crippen molar-refractivity contribution in [2.24, 2.45) is 0 Å². The second kappa shape index (κ2) is 13.9. The van der Waals surface area contributed by atoms with Gasteiger partial charge in [0, 0.05) is 34.0 Å². The highest BCUT2D eigenvalue weighted by Crippen LogP contribution is 2.26. The fourth-order valence-corrected chi connectivity index (χ4v) is 5.75. The monoisotopic (exact) mass is 352 g/mol. The van der Waals surface area contributed by atoms with Crippen LogP contribution in [-0.4, -0.2) is 50.1 Å². The van der Waals surface area contributed by atoms with Crippen molar-refractivity contribution < 1.29 is 0 Å². The van der Waals surface area contributed by atoms with Crippen LogP contribution in [0.1, 0.15) is 0 Å². The van der Waals surface area contributed by atoms with Gasteiger partial charge in [-0.15, -0.1) is 0 Å². The highest BCUT2D eigenvalue weighted by Gasteiger charge is 2.14. The first-order valence-electron chi connectivity index (χ1n) is 5.07. The van der Waals surface area contributed by atoms with E-state index in [-0.39, 0.29) is 4.58 Å². The Balaban J connectivity index is 3.52. The van der Waals surface area contributed by atoms with Gasteiger partial charge >= 0.3 is 0 Å². The van der Waals surface area contributed by atoms with E-state index < -0.39 is 0 Å². The van der Waals surface area contributed by atoms with E-state index in [0.29, 0.717) is 5.25 Å². The lowest BCUT2D eigenvalue weighted by atomic mass is 10.5. The molecule has 98 valence electrons. The predicted molar refractivity (Wildman–Crippen MR) is 100 cm³/mol. The zero-order chi connectivity index (χ0) is 12.2. The molecule has 0 aliphatic heterocycles. The minimum Gasteiger partial charge on any atom is -0.179 e. The SMILES string of the molecule is SCCSCCSC(CSCCS)C(S)S. The van der Waals surface area contributed by atoms with E-state index in [2.05, 4.69) is 50.5 Å². The van der Waals surface area contributed by atoms with Crippen molar-refractivity contribution in [3.8, 4) is 0 Å². The first-order valence-corrected chi connectivity index (χ1v) is 10.7. The molecular formula is C9H20S7. The van der Waals surface area contributed by atoms with Crippen LogP contribution < -0.4 is 0 Å². The number of hydrogen-bond donors (Lipinski definition) is 4. The van der Waals surface area contributed by atoms with E-state index in [1.54, 1.807) is 0 Å². The maximum absolute atomic E-state index is 4.43. The number of thioether (sulfide) groups is 3. The molecule has 0 aromatic heterocycles. The van der Waals surface area contributed by atoms with E-state index in [1.165, 1.54) is 11.5 Å². The summed E-state index contributed by atoms with van der Waals surface area (Å²) in [6, 6.07) is 0. The Labute approximate surface area is 135 Å². The van der Waals surface area contributed by atoms with Gasteiger partial charge in [-0.2, -0.15) is 85.8 Å². The molecule has 0 bridgehead atoms. The van der Waals surface area contributed by atoms with Crippen molar-refractivity contribution in [3.63, 3.8) is 0 Å². The Bertz CT molecular complexity index is 142. The highest BCUT2D eigenvalue weighted by atomic mass is 32.2. The van der Waals surface area contributed by atoms with Crippen molar-refractivity contribution in [2.45, 2.75) is 9.83 Å². The molecule has 0 aliphatic rings. The third-order valence-electron chi connectivity index (χ3n) is 1.65. The summed E-state index contributed by atoms with van der Waals surface area (Å²) in [5.41, 5.74) is 0. The van der Waals surface area contributed by atoms with Crippen molar-refractivity contribution >= 4 is 85.8 Å². The first-order chi connectivity index (χ1) is 7.72. The minimum atomic E-state index is 0.173. The summed E-state index contributed by atoms with van der Waals surface area (Å²) < 4.78 is 0.173. The Kier molecular flexibility index (Phi) is 16.0. The van der Waals surface area contributed by atoms with Gasteiger partial charge in [-0.05, 0) is 11.5 Å². The number of rotatable bonds is 11. The molecule has 0 N–H and O–H groups in total. The van der Waals surface area contributed by atoms with Crippen molar-refractivity contribution in [3.05, 3.63) is 0 Å². The Hall–Kier alpha value is 2.45. The van der Waals surface area contributed by atoms with Crippen LogP contribution in [0.25, 0.3) is 0 Å². The molecule has 0 saturated heterocycles. The maximum Gasteiger partial charge on any atom is 0.0568 e. The summed E-state index contributed by atoms with van der Waals surface area (Å²) in [5.74, 6) is 7.69. The normalized spacial score (nSPS) is 13.3. The summed E-state index contributed by atoms with van der Waals surface area (Å²) in [6.45, 7) is 0. The number of thiol groups is 4. The molecule has 0 fully saturated rings. The van der Waals surface area contributed by atoms with Gasteiger partial charge in [0.25, 0.3) is 0 Å². The zero-order valence-electron chi connectivity index (χ0n) is 9.12. The molecule has 0 saturated carbocycles. The lowest BCUT2D eigenvalue weighted by molar-refractivity contribution is 1.11. The van der Waals surface area contributed by atoms with Crippen LogP contribution in [0.3, 0.4) is 0 Å². The smallest absolute Gasteiger partial charge is 0.0568 e. The molecule has 0 radical (unpaired) electrons. The molecule has 0 amide bonds. The molecule has 0 aromatic rings. The zero-order valence-corrected chi connectivity index (χ0v) is 15.1. The van der Waals surface area contributed by atoms with Crippen LogP contribution in [0.2, 0.25) is 0 Å². The van der Waals surface area contributed by atoms with Crippen LogP contribution in [0, 0.1) is 0 Å². The fourth-order valence-electron chi connectivity index (χ4n) is 0.909. The second-order valence-electron chi connectivity index (χ2n) is 2.96. The third kappa shape index (κ3) is 11.5. The molecule has 0 aromatic carbocycles. The van der Waals surface area contributed by atoms with Crippen molar-refractivity contribution in [1.82, 2.24) is 0 Å². The molecule has 0 nitrogen and oxygen atoms in total. The Morgan fingerprint density at radius 1 is 0.812 bits per heavy atom. The average Bonchev–Trinajstić information content (AvgIpc) is 2.26. The van der Waals surface area contributed by atoms with Crippen LogP contribution in [-0.2, 0) is 0 Å². The van der Waals surface area contributed by atoms with Gasteiger partial charge in [-0.1, -0.05) is 0 Å². The first kappa shape index (κ1) is 18.4. The Morgan fingerprint density at radius 3 is 2.00 bits per heavy atom. The standard InChI is InChI=1S/C9H20S7/c10-1-3-14-5-6-16-8(9(12)13)7-15-4-2-11/h8-13H,1-7H2. The van der Waals surface area contributed by atoms with Gasteiger partial charge in [0.1, 0.15) is 0 Å². The van der Waals surface area contributed by atoms with Crippen LogP contribution >= 0.6 is 85.8 Å². The summed E-state index contributed by atoms with van der Waals surface area (Å²) in [5, 5.41) is 0.535. The van der Waals surface area contributed by atoms with E-state index in [0.717, 1.165) is 28.8 Å². The van der Waals surface area contributed by atoms with Gasteiger partial charge in [0.15, 0.2) is 0 Å². The van der Waals surface area contributed by atoms with Gasteiger partial charge in [0.05, 0.1) is 4.58 Å². The van der Waals surface area contributed by atoms with Crippen LogP contribution in [0.5, 0.6) is 0 Å². The van der Waals surface area contributed by atoms with Gasteiger partial charge in [-0.3, -0.25) is 0 Å². The third-order valence-corrected chi connectivity index (χ3v) is 7.67. The lowest BCUT2D eigenvalue weighted by Gasteiger charge is -2.18. The topological polar surface area (TPSA) is 0 Å². The van der Waals surface area contributed by atoms with Crippen molar-refractivity contribution in [1.29, 1.82) is 0 Å². The quantitative estimate of drug-likeness (QED) is 0.255. The average molecular weight is 353 g/mol. The van der Waals surface area contributed by atoms with E-state index in [9.17, 15) is 0 Å². The molecule has 7 heteroatoms. The van der Waals surface area contributed by atoms with Gasteiger partial charge in [0.2, 0.25) is 0 Å². The summed E-state index contributed by atoms with van der Waals surface area (Å²) >= 11 is 23.2. The summed E-state index contributed by atoms with van der Waals surface area (Å²) in [7, 11) is 0. The lowest BCUT2D eigenvalue weighted by Crippen LogP contribution is -2.17. The highest BCUT2D eigenvalue weighted by molar-refractivity contribution is 8.07. The van der Waals surface area contributed by atoms with E-state index >= 15 is 0 Å². The van der Waals surface area contributed by atoms with Crippen LogP contribution in [0.4, 0.5) is 0 Å². The summed E-state index contributed by atoms with van der Waals surface area (Å²) in [6.07, 6.45) is 0.